The van der Waals surface area contributed by atoms with Crippen molar-refractivity contribution in [2.24, 2.45) is 0 Å². The number of sulfonamides is 1. The Morgan fingerprint density at radius 3 is 2.54 bits per heavy atom. The van der Waals surface area contributed by atoms with Crippen LogP contribution in [0.25, 0.3) is 0 Å². The number of rotatable bonds is 2. The molecule has 2 saturated heterocycles. The number of piperazine rings is 1. The van der Waals surface area contributed by atoms with Crippen molar-refractivity contribution in [2.75, 3.05) is 13.1 Å². The molecule has 0 aromatic rings. The van der Waals surface area contributed by atoms with E-state index in [-0.39, 0.29) is 11.3 Å². The highest BCUT2D eigenvalue weighted by Gasteiger charge is 2.44. The molecule has 0 amide bonds. The van der Waals surface area contributed by atoms with Gasteiger partial charge in [0.2, 0.25) is 10.0 Å². The molecule has 76 valence electrons. The van der Waals surface area contributed by atoms with Crippen LogP contribution in [-0.4, -0.2) is 43.1 Å². The van der Waals surface area contributed by atoms with Crippen LogP contribution in [0.2, 0.25) is 0 Å². The van der Waals surface area contributed by atoms with E-state index in [1.54, 1.807) is 18.2 Å². The predicted molar refractivity (Wildman–Crippen MR) is 51.0 cm³/mol. The molecular weight excluding hydrogens is 188 g/mol. The molecule has 5 heteroatoms. The summed E-state index contributed by atoms with van der Waals surface area (Å²) in [5.41, 5.74) is 0. The van der Waals surface area contributed by atoms with E-state index in [2.05, 4.69) is 5.32 Å². The van der Waals surface area contributed by atoms with Crippen LogP contribution >= 0.6 is 0 Å². The van der Waals surface area contributed by atoms with Crippen molar-refractivity contribution in [1.82, 2.24) is 9.62 Å². The molecule has 0 unspecified atom stereocenters. The van der Waals surface area contributed by atoms with E-state index in [1.807, 2.05) is 0 Å². The topological polar surface area (TPSA) is 49.4 Å². The number of hydrogen-bond donors (Lipinski definition) is 1. The Hall–Kier alpha value is -0.130. The molecule has 0 spiro atoms. The number of fused-ring (bicyclic) bond motifs is 2. The Morgan fingerprint density at radius 2 is 2.15 bits per heavy atom. The van der Waals surface area contributed by atoms with Gasteiger partial charge in [0.1, 0.15) is 0 Å². The maximum absolute atomic E-state index is 11.8. The Balaban J connectivity index is 2.19. The van der Waals surface area contributed by atoms with Crippen molar-refractivity contribution < 1.29 is 8.42 Å². The van der Waals surface area contributed by atoms with E-state index in [1.165, 1.54) is 0 Å². The van der Waals surface area contributed by atoms with Gasteiger partial charge >= 0.3 is 0 Å². The Bertz CT molecular complexity index is 299. The molecule has 2 rings (SSSR count). The summed E-state index contributed by atoms with van der Waals surface area (Å²) in [4.78, 5) is 0. The first-order valence-electron chi connectivity index (χ1n) is 4.76. The summed E-state index contributed by atoms with van der Waals surface area (Å²) in [6.07, 6.45) is 0.992. The molecule has 2 bridgehead atoms. The van der Waals surface area contributed by atoms with E-state index < -0.39 is 10.0 Å². The summed E-state index contributed by atoms with van der Waals surface area (Å²) in [5, 5.41) is 3.01. The van der Waals surface area contributed by atoms with Crippen LogP contribution in [-0.2, 0) is 10.0 Å². The fourth-order valence-corrected chi connectivity index (χ4v) is 3.61. The third kappa shape index (κ3) is 1.39. The largest absolute Gasteiger partial charge is 0.311 e. The van der Waals surface area contributed by atoms with Crippen LogP contribution < -0.4 is 5.32 Å². The van der Waals surface area contributed by atoms with E-state index in [0.29, 0.717) is 12.6 Å². The highest BCUT2D eigenvalue weighted by Crippen LogP contribution is 2.27. The molecule has 0 aromatic carbocycles. The molecule has 2 aliphatic rings. The fourth-order valence-electron chi connectivity index (χ4n) is 2.11. The number of nitrogens with zero attached hydrogens (tertiary/aromatic N) is 1. The standard InChI is InChI=1S/C8H16N2O2S/c1-6(2)13(11,12)10-5-7-3-8(10)4-9-7/h6-9H,3-5H2,1-2H3/t7-,8-/m0/s1. The monoisotopic (exact) mass is 204 g/mol. The lowest BCUT2D eigenvalue weighted by Gasteiger charge is -2.28. The first-order chi connectivity index (χ1) is 6.01. The van der Waals surface area contributed by atoms with Crippen molar-refractivity contribution in [3.63, 3.8) is 0 Å². The minimum absolute atomic E-state index is 0.220. The molecule has 2 heterocycles. The Morgan fingerprint density at radius 1 is 1.46 bits per heavy atom. The summed E-state index contributed by atoms with van der Waals surface area (Å²) >= 11 is 0. The number of nitrogens with one attached hydrogen (secondary N) is 1. The first kappa shape index (κ1) is 9.43. The summed E-state index contributed by atoms with van der Waals surface area (Å²) in [7, 11) is -3.01. The molecular formula is C8H16N2O2S. The summed E-state index contributed by atoms with van der Waals surface area (Å²) in [5.74, 6) is 0. The van der Waals surface area contributed by atoms with Crippen LogP contribution in [0.3, 0.4) is 0 Å². The summed E-state index contributed by atoms with van der Waals surface area (Å²) in [6, 6.07) is 0.621. The maximum atomic E-state index is 11.8. The molecule has 2 atom stereocenters. The van der Waals surface area contributed by atoms with Gasteiger partial charge in [0.05, 0.1) is 5.25 Å². The van der Waals surface area contributed by atoms with Gasteiger partial charge in [0.15, 0.2) is 0 Å². The van der Waals surface area contributed by atoms with Crippen LogP contribution in [0, 0.1) is 0 Å². The minimum Gasteiger partial charge on any atom is -0.311 e. The van der Waals surface area contributed by atoms with Gasteiger partial charge in [-0.3, -0.25) is 0 Å². The average molecular weight is 204 g/mol. The van der Waals surface area contributed by atoms with Gasteiger partial charge in [0, 0.05) is 25.2 Å². The van der Waals surface area contributed by atoms with Gasteiger partial charge in [-0.25, -0.2) is 8.42 Å². The second-order valence-electron chi connectivity index (χ2n) is 4.16. The fraction of sp³-hybridized carbons (Fsp3) is 1.00. The summed E-state index contributed by atoms with van der Waals surface area (Å²) in [6.45, 7) is 4.99. The minimum atomic E-state index is -3.01. The highest BCUT2D eigenvalue weighted by atomic mass is 32.2. The van der Waals surface area contributed by atoms with Crippen molar-refractivity contribution >= 4 is 10.0 Å². The Kier molecular flexibility index (Phi) is 2.13. The zero-order chi connectivity index (χ0) is 9.64. The van der Waals surface area contributed by atoms with Crippen LogP contribution in [0.15, 0.2) is 0 Å². The lowest BCUT2D eigenvalue weighted by molar-refractivity contribution is 0.345. The van der Waals surface area contributed by atoms with Gasteiger partial charge in [-0.1, -0.05) is 0 Å². The zero-order valence-electron chi connectivity index (χ0n) is 8.03. The van der Waals surface area contributed by atoms with Crippen molar-refractivity contribution in [2.45, 2.75) is 37.6 Å². The average Bonchev–Trinajstić information content (AvgIpc) is 2.63. The Labute approximate surface area is 79.4 Å². The van der Waals surface area contributed by atoms with Crippen LogP contribution in [0.4, 0.5) is 0 Å². The first-order valence-corrected chi connectivity index (χ1v) is 6.26. The molecule has 2 aliphatic heterocycles. The highest BCUT2D eigenvalue weighted by molar-refractivity contribution is 7.89. The van der Waals surface area contributed by atoms with E-state index in [0.717, 1.165) is 13.0 Å². The van der Waals surface area contributed by atoms with Gasteiger partial charge < -0.3 is 5.32 Å². The van der Waals surface area contributed by atoms with Crippen LogP contribution in [0.5, 0.6) is 0 Å². The van der Waals surface area contributed by atoms with Crippen molar-refractivity contribution in [3.8, 4) is 0 Å². The molecule has 0 aromatic heterocycles. The van der Waals surface area contributed by atoms with Gasteiger partial charge in [-0.05, 0) is 20.3 Å². The second kappa shape index (κ2) is 2.93. The SMILES string of the molecule is CC(C)S(=O)(=O)N1C[C@@H]2C[C@H]1CN2. The van der Waals surface area contributed by atoms with Crippen LogP contribution in [0.1, 0.15) is 20.3 Å². The van der Waals surface area contributed by atoms with Crippen molar-refractivity contribution in [1.29, 1.82) is 0 Å². The van der Waals surface area contributed by atoms with E-state index in [4.69, 9.17) is 0 Å². The van der Waals surface area contributed by atoms with Gasteiger partial charge in [-0.2, -0.15) is 4.31 Å². The second-order valence-corrected chi connectivity index (χ2v) is 6.60. The molecule has 2 fully saturated rings. The molecule has 1 N–H and O–H groups in total. The van der Waals surface area contributed by atoms with Gasteiger partial charge in [-0.15, -0.1) is 0 Å². The maximum Gasteiger partial charge on any atom is 0.216 e. The molecule has 0 aliphatic carbocycles. The molecule has 13 heavy (non-hydrogen) atoms. The third-order valence-electron chi connectivity index (χ3n) is 2.93. The molecule has 0 saturated carbocycles. The summed E-state index contributed by atoms with van der Waals surface area (Å²) < 4.78 is 25.3. The van der Waals surface area contributed by atoms with Crippen molar-refractivity contribution in [3.05, 3.63) is 0 Å². The lowest BCUT2D eigenvalue weighted by atomic mass is 10.2. The van der Waals surface area contributed by atoms with E-state index in [9.17, 15) is 8.42 Å². The zero-order valence-corrected chi connectivity index (χ0v) is 8.84. The molecule has 0 radical (unpaired) electrons. The lowest BCUT2D eigenvalue weighted by Crippen LogP contribution is -2.48. The smallest absolute Gasteiger partial charge is 0.216 e. The third-order valence-corrected chi connectivity index (χ3v) is 5.22. The normalized spacial score (nSPS) is 34.7. The quantitative estimate of drug-likeness (QED) is 0.676. The number of hydrogen-bond acceptors (Lipinski definition) is 3. The van der Waals surface area contributed by atoms with Gasteiger partial charge in [0.25, 0.3) is 0 Å². The predicted octanol–water partition coefficient (Wildman–Crippen LogP) is -0.229. The van der Waals surface area contributed by atoms with E-state index >= 15 is 0 Å². The molecule has 4 nitrogen and oxygen atoms in total.